The van der Waals surface area contributed by atoms with Crippen LogP contribution in [0.3, 0.4) is 0 Å². The summed E-state index contributed by atoms with van der Waals surface area (Å²) in [5.74, 6) is 2.41. The van der Waals surface area contributed by atoms with Crippen LogP contribution in [0.1, 0.15) is 40.0 Å². The van der Waals surface area contributed by atoms with Crippen LogP contribution < -0.4 is 5.32 Å². The van der Waals surface area contributed by atoms with Gasteiger partial charge in [-0.2, -0.15) is 0 Å². The van der Waals surface area contributed by atoms with E-state index in [2.05, 4.69) is 11.2 Å². The molecule has 0 aliphatic carbocycles. The lowest BCUT2D eigenvalue weighted by atomic mass is 9.91. The maximum Gasteiger partial charge on any atom is 0.248 e. The molecule has 4 heteroatoms. The maximum absolute atomic E-state index is 12.3. The number of piperazine rings is 1. The molecule has 1 aliphatic heterocycles. The molecular formula is C13H20N2O2. The van der Waals surface area contributed by atoms with Crippen molar-refractivity contribution >= 4 is 11.8 Å². The molecular weight excluding hydrogens is 216 g/mol. The number of hydrogen-bond donors (Lipinski definition) is 1. The zero-order valence-corrected chi connectivity index (χ0v) is 10.7. The molecule has 1 aliphatic rings. The van der Waals surface area contributed by atoms with Gasteiger partial charge in [0.05, 0.1) is 0 Å². The van der Waals surface area contributed by atoms with Crippen LogP contribution in [0.2, 0.25) is 0 Å². The first-order valence-corrected chi connectivity index (χ1v) is 6.06. The first kappa shape index (κ1) is 13.6. The topological polar surface area (TPSA) is 49.4 Å². The minimum atomic E-state index is -0.780. The van der Waals surface area contributed by atoms with Gasteiger partial charge in [0.25, 0.3) is 0 Å². The SMILES string of the molecule is C#CCCN1C(=O)C(C)(CC)NC(=O)C1CC. The van der Waals surface area contributed by atoms with Crippen LogP contribution in [-0.4, -0.2) is 34.8 Å². The highest BCUT2D eigenvalue weighted by Crippen LogP contribution is 2.22. The molecule has 1 fully saturated rings. The molecule has 1 N–H and O–H groups in total. The molecule has 4 nitrogen and oxygen atoms in total. The van der Waals surface area contributed by atoms with Gasteiger partial charge >= 0.3 is 0 Å². The van der Waals surface area contributed by atoms with E-state index in [1.165, 1.54) is 0 Å². The minimum Gasteiger partial charge on any atom is -0.340 e. The van der Waals surface area contributed by atoms with Crippen molar-refractivity contribution in [3.63, 3.8) is 0 Å². The zero-order valence-electron chi connectivity index (χ0n) is 10.7. The fourth-order valence-electron chi connectivity index (χ4n) is 2.10. The Bertz CT molecular complexity index is 359. The number of hydrogen-bond acceptors (Lipinski definition) is 2. The van der Waals surface area contributed by atoms with Crippen LogP contribution in [0.25, 0.3) is 0 Å². The molecule has 0 radical (unpaired) electrons. The second-order valence-corrected chi connectivity index (χ2v) is 4.55. The summed E-state index contributed by atoms with van der Waals surface area (Å²) in [5, 5.41) is 2.82. The Hall–Kier alpha value is -1.50. The summed E-state index contributed by atoms with van der Waals surface area (Å²) in [5.41, 5.74) is -0.780. The fraction of sp³-hybridized carbons (Fsp3) is 0.692. The van der Waals surface area contributed by atoms with E-state index in [4.69, 9.17) is 6.42 Å². The first-order valence-electron chi connectivity index (χ1n) is 6.06. The third-order valence-electron chi connectivity index (χ3n) is 3.40. The fourth-order valence-corrected chi connectivity index (χ4v) is 2.10. The minimum absolute atomic E-state index is 0.0262. The van der Waals surface area contributed by atoms with E-state index >= 15 is 0 Å². The summed E-state index contributed by atoms with van der Waals surface area (Å²) >= 11 is 0. The summed E-state index contributed by atoms with van der Waals surface area (Å²) < 4.78 is 0. The van der Waals surface area contributed by atoms with Crippen LogP contribution in [0, 0.1) is 12.3 Å². The number of carbonyl (C=O) groups is 2. The first-order chi connectivity index (χ1) is 8.00. The molecule has 1 heterocycles. The van der Waals surface area contributed by atoms with E-state index in [-0.39, 0.29) is 17.9 Å². The van der Waals surface area contributed by atoms with Crippen molar-refractivity contribution < 1.29 is 9.59 Å². The molecule has 0 saturated carbocycles. The Morgan fingerprint density at radius 2 is 2.12 bits per heavy atom. The van der Waals surface area contributed by atoms with Crippen LogP contribution in [0.5, 0.6) is 0 Å². The average molecular weight is 236 g/mol. The van der Waals surface area contributed by atoms with Crippen LogP contribution in [-0.2, 0) is 9.59 Å². The molecule has 17 heavy (non-hydrogen) atoms. The molecule has 0 spiro atoms. The summed E-state index contributed by atoms with van der Waals surface area (Å²) in [6, 6.07) is -0.379. The van der Waals surface area contributed by atoms with E-state index in [0.29, 0.717) is 25.8 Å². The molecule has 2 unspecified atom stereocenters. The van der Waals surface area contributed by atoms with E-state index in [1.807, 2.05) is 13.8 Å². The van der Waals surface area contributed by atoms with Gasteiger partial charge in [-0.25, -0.2) is 0 Å². The molecule has 0 aromatic heterocycles. The molecule has 0 aromatic rings. The van der Waals surface area contributed by atoms with Gasteiger partial charge in [0.2, 0.25) is 11.8 Å². The van der Waals surface area contributed by atoms with Gasteiger partial charge in [-0.3, -0.25) is 9.59 Å². The number of terminal acetylenes is 1. The van der Waals surface area contributed by atoms with Crippen molar-refractivity contribution in [3.8, 4) is 12.3 Å². The van der Waals surface area contributed by atoms with Crippen molar-refractivity contribution in [3.05, 3.63) is 0 Å². The van der Waals surface area contributed by atoms with Crippen molar-refractivity contribution in [2.24, 2.45) is 0 Å². The normalized spacial score (nSPS) is 28.8. The predicted molar refractivity (Wildman–Crippen MR) is 66.1 cm³/mol. The lowest BCUT2D eigenvalue weighted by Crippen LogP contribution is -2.68. The van der Waals surface area contributed by atoms with Gasteiger partial charge in [0.1, 0.15) is 11.6 Å². The second-order valence-electron chi connectivity index (χ2n) is 4.55. The van der Waals surface area contributed by atoms with Gasteiger partial charge in [0, 0.05) is 13.0 Å². The Balaban J connectivity index is 2.97. The van der Waals surface area contributed by atoms with Crippen LogP contribution >= 0.6 is 0 Å². The second kappa shape index (κ2) is 5.22. The number of rotatable bonds is 4. The molecule has 2 atom stereocenters. The smallest absolute Gasteiger partial charge is 0.248 e. The molecule has 0 bridgehead atoms. The van der Waals surface area contributed by atoms with Crippen molar-refractivity contribution in [1.82, 2.24) is 10.2 Å². The van der Waals surface area contributed by atoms with E-state index < -0.39 is 5.54 Å². The molecule has 1 rings (SSSR count). The summed E-state index contributed by atoms with van der Waals surface area (Å²) in [6.07, 6.45) is 6.90. The number of nitrogens with one attached hydrogen (secondary N) is 1. The van der Waals surface area contributed by atoms with E-state index in [0.717, 1.165) is 0 Å². The van der Waals surface area contributed by atoms with E-state index in [9.17, 15) is 9.59 Å². The summed E-state index contributed by atoms with van der Waals surface area (Å²) in [7, 11) is 0. The molecule has 0 aromatic carbocycles. The van der Waals surface area contributed by atoms with E-state index in [1.54, 1.807) is 11.8 Å². The van der Waals surface area contributed by atoms with Crippen molar-refractivity contribution in [2.45, 2.75) is 51.6 Å². The summed E-state index contributed by atoms with van der Waals surface area (Å²) in [6.45, 7) is 6.01. The summed E-state index contributed by atoms with van der Waals surface area (Å²) in [4.78, 5) is 25.9. The largest absolute Gasteiger partial charge is 0.340 e. The Kier molecular flexibility index (Phi) is 4.17. The highest BCUT2D eigenvalue weighted by molar-refractivity contribution is 5.99. The highest BCUT2D eigenvalue weighted by Gasteiger charge is 2.45. The molecule has 1 saturated heterocycles. The molecule has 2 amide bonds. The quantitative estimate of drug-likeness (QED) is 0.738. The zero-order chi connectivity index (χ0) is 13.1. The number of carbonyl (C=O) groups excluding carboxylic acids is 2. The Labute approximate surface area is 103 Å². The monoisotopic (exact) mass is 236 g/mol. The standard InChI is InChI=1S/C13H20N2O2/c1-5-8-9-15-10(6-2)11(16)14-13(4,7-3)12(15)17/h1,10H,6-9H2,2-4H3,(H,14,16). The van der Waals surface area contributed by atoms with Gasteiger partial charge < -0.3 is 10.2 Å². The number of nitrogens with zero attached hydrogens (tertiary/aromatic N) is 1. The Morgan fingerprint density at radius 1 is 1.47 bits per heavy atom. The lowest BCUT2D eigenvalue weighted by Gasteiger charge is -2.43. The third-order valence-corrected chi connectivity index (χ3v) is 3.40. The van der Waals surface area contributed by atoms with Crippen molar-refractivity contribution in [1.29, 1.82) is 0 Å². The predicted octanol–water partition coefficient (Wildman–Crippen LogP) is 0.915. The third kappa shape index (κ3) is 2.44. The van der Waals surface area contributed by atoms with Gasteiger partial charge in [-0.1, -0.05) is 13.8 Å². The highest BCUT2D eigenvalue weighted by atomic mass is 16.2. The van der Waals surface area contributed by atoms with Gasteiger partial charge in [-0.05, 0) is 19.8 Å². The Morgan fingerprint density at radius 3 is 2.59 bits per heavy atom. The van der Waals surface area contributed by atoms with Crippen LogP contribution in [0.15, 0.2) is 0 Å². The van der Waals surface area contributed by atoms with Gasteiger partial charge in [-0.15, -0.1) is 12.3 Å². The maximum atomic E-state index is 12.3. The van der Waals surface area contributed by atoms with Crippen LogP contribution in [0.4, 0.5) is 0 Å². The number of amides is 2. The lowest BCUT2D eigenvalue weighted by molar-refractivity contribution is -0.154. The van der Waals surface area contributed by atoms with Gasteiger partial charge in [0.15, 0.2) is 0 Å². The average Bonchev–Trinajstić information content (AvgIpc) is 2.31. The van der Waals surface area contributed by atoms with Crippen molar-refractivity contribution in [2.75, 3.05) is 6.54 Å². The molecule has 94 valence electrons.